The van der Waals surface area contributed by atoms with Crippen molar-refractivity contribution in [3.63, 3.8) is 0 Å². The summed E-state index contributed by atoms with van der Waals surface area (Å²) in [6.45, 7) is 2.99. The molecule has 0 bridgehead atoms. The third-order valence-electron chi connectivity index (χ3n) is 3.53. The molecule has 4 nitrogen and oxygen atoms in total. The van der Waals surface area contributed by atoms with Crippen LogP contribution in [0, 0.1) is 0 Å². The van der Waals surface area contributed by atoms with E-state index >= 15 is 0 Å². The first-order valence-electron chi connectivity index (χ1n) is 7.64. The molecule has 0 aliphatic carbocycles. The standard InChI is InChI=1S/C18H21ClN2O2/c1-3-23-17-6-5-16(19)12-15(17)13-21(2)18(22)7-4-14-8-10-20-11-9-14/h5-6,8-12H,3-4,7,13H2,1-2H3. The van der Waals surface area contributed by atoms with Gasteiger partial charge in [-0.1, -0.05) is 11.6 Å². The number of rotatable bonds is 7. The molecule has 2 rings (SSSR count). The van der Waals surface area contributed by atoms with Crippen LogP contribution in [0.3, 0.4) is 0 Å². The van der Waals surface area contributed by atoms with E-state index in [2.05, 4.69) is 4.98 Å². The quantitative estimate of drug-likeness (QED) is 0.776. The molecule has 5 heteroatoms. The summed E-state index contributed by atoms with van der Waals surface area (Å²) < 4.78 is 5.60. The zero-order chi connectivity index (χ0) is 16.7. The van der Waals surface area contributed by atoms with Gasteiger partial charge in [0.2, 0.25) is 5.91 Å². The van der Waals surface area contributed by atoms with Crippen molar-refractivity contribution >= 4 is 17.5 Å². The van der Waals surface area contributed by atoms with E-state index in [1.165, 1.54) is 0 Å². The molecule has 0 N–H and O–H groups in total. The van der Waals surface area contributed by atoms with E-state index < -0.39 is 0 Å². The zero-order valence-electron chi connectivity index (χ0n) is 13.5. The number of hydrogen-bond acceptors (Lipinski definition) is 3. The Morgan fingerprint density at radius 2 is 2.00 bits per heavy atom. The van der Waals surface area contributed by atoms with Gasteiger partial charge in [-0.2, -0.15) is 0 Å². The van der Waals surface area contributed by atoms with Crippen LogP contribution in [0.15, 0.2) is 42.7 Å². The topological polar surface area (TPSA) is 42.4 Å². The minimum atomic E-state index is 0.0873. The first-order valence-corrected chi connectivity index (χ1v) is 8.02. The first-order chi connectivity index (χ1) is 11.1. The van der Waals surface area contributed by atoms with Gasteiger partial charge >= 0.3 is 0 Å². The van der Waals surface area contributed by atoms with Crippen LogP contribution in [0.4, 0.5) is 0 Å². The third-order valence-corrected chi connectivity index (χ3v) is 3.77. The molecule has 0 unspecified atom stereocenters. The van der Waals surface area contributed by atoms with E-state index in [9.17, 15) is 4.79 Å². The van der Waals surface area contributed by atoms with E-state index in [1.54, 1.807) is 30.4 Å². The van der Waals surface area contributed by atoms with Crippen LogP contribution < -0.4 is 4.74 Å². The predicted molar refractivity (Wildman–Crippen MR) is 91.7 cm³/mol. The Balaban J connectivity index is 1.96. The highest BCUT2D eigenvalue weighted by Crippen LogP contribution is 2.24. The lowest BCUT2D eigenvalue weighted by Gasteiger charge is -2.19. The number of carbonyl (C=O) groups excluding carboxylic acids is 1. The number of pyridine rings is 1. The van der Waals surface area contributed by atoms with Crippen LogP contribution in [-0.2, 0) is 17.8 Å². The second kappa shape index (κ2) is 8.53. The highest BCUT2D eigenvalue weighted by atomic mass is 35.5. The first kappa shape index (κ1) is 17.3. The number of ether oxygens (including phenoxy) is 1. The summed E-state index contributed by atoms with van der Waals surface area (Å²) in [5, 5.41) is 0.640. The Bertz CT molecular complexity index is 647. The Kier molecular flexibility index (Phi) is 6.41. The molecule has 1 amide bonds. The molecular formula is C18H21ClN2O2. The van der Waals surface area contributed by atoms with Gasteiger partial charge in [0, 0.05) is 43.0 Å². The molecule has 0 fully saturated rings. The average molecular weight is 333 g/mol. The van der Waals surface area contributed by atoms with Crippen molar-refractivity contribution in [1.82, 2.24) is 9.88 Å². The van der Waals surface area contributed by atoms with Gasteiger partial charge in [0.1, 0.15) is 5.75 Å². The molecule has 1 aromatic carbocycles. The molecule has 0 saturated carbocycles. The van der Waals surface area contributed by atoms with E-state index in [0.717, 1.165) is 16.9 Å². The van der Waals surface area contributed by atoms with Crippen molar-refractivity contribution < 1.29 is 9.53 Å². The summed E-state index contributed by atoms with van der Waals surface area (Å²) in [6, 6.07) is 9.34. The van der Waals surface area contributed by atoms with Gasteiger partial charge in [-0.25, -0.2) is 0 Å². The van der Waals surface area contributed by atoms with Gasteiger partial charge in [-0.05, 0) is 49.2 Å². The minimum Gasteiger partial charge on any atom is -0.494 e. The van der Waals surface area contributed by atoms with Crippen molar-refractivity contribution in [2.45, 2.75) is 26.3 Å². The Morgan fingerprint density at radius 3 is 2.70 bits per heavy atom. The summed E-state index contributed by atoms with van der Waals surface area (Å²) in [4.78, 5) is 18.0. The largest absolute Gasteiger partial charge is 0.494 e. The minimum absolute atomic E-state index is 0.0873. The van der Waals surface area contributed by atoms with E-state index in [4.69, 9.17) is 16.3 Å². The average Bonchev–Trinajstić information content (AvgIpc) is 2.56. The van der Waals surface area contributed by atoms with Crippen LogP contribution in [0.5, 0.6) is 5.75 Å². The predicted octanol–water partition coefficient (Wildman–Crippen LogP) is 3.72. The van der Waals surface area contributed by atoms with Crippen molar-refractivity contribution in [2.24, 2.45) is 0 Å². The third kappa shape index (κ3) is 5.25. The van der Waals surface area contributed by atoms with Crippen molar-refractivity contribution in [3.05, 3.63) is 58.9 Å². The molecule has 1 heterocycles. The Labute approximate surface area is 142 Å². The molecule has 0 spiro atoms. The summed E-state index contributed by atoms with van der Waals surface area (Å²) >= 11 is 6.06. The second-order valence-electron chi connectivity index (χ2n) is 5.29. The lowest BCUT2D eigenvalue weighted by atomic mass is 10.1. The molecule has 0 radical (unpaired) electrons. The van der Waals surface area contributed by atoms with Gasteiger partial charge < -0.3 is 9.64 Å². The van der Waals surface area contributed by atoms with E-state index in [1.807, 2.05) is 31.2 Å². The summed E-state index contributed by atoms with van der Waals surface area (Å²) in [5.41, 5.74) is 2.03. The number of amides is 1. The van der Waals surface area contributed by atoms with Crippen molar-refractivity contribution in [3.8, 4) is 5.75 Å². The van der Waals surface area contributed by atoms with Crippen LogP contribution in [0.25, 0.3) is 0 Å². The molecule has 2 aromatic rings. The van der Waals surface area contributed by atoms with Crippen molar-refractivity contribution in [1.29, 1.82) is 0 Å². The highest BCUT2D eigenvalue weighted by Gasteiger charge is 2.13. The van der Waals surface area contributed by atoms with Crippen LogP contribution in [0.2, 0.25) is 5.02 Å². The lowest BCUT2D eigenvalue weighted by Crippen LogP contribution is -2.26. The van der Waals surface area contributed by atoms with Crippen LogP contribution in [0.1, 0.15) is 24.5 Å². The fraction of sp³-hybridized carbons (Fsp3) is 0.333. The molecule has 0 aliphatic rings. The molecule has 23 heavy (non-hydrogen) atoms. The summed E-state index contributed by atoms with van der Waals surface area (Å²) in [7, 11) is 1.80. The summed E-state index contributed by atoms with van der Waals surface area (Å²) in [5.74, 6) is 0.856. The number of halogens is 1. The zero-order valence-corrected chi connectivity index (χ0v) is 14.2. The van der Waals surface area contributed by atoms with E-state index in [-0.39, 0.29) is 5.91 Å². The van der Waals surface area contributed by atoms with Gasteiger partial charge in [-0.3, -0.25) is 9.78 Å². The molecule has 0 saturated heterocycles. The lowest BCUT2D eigenvalue weighted by molar-refractivity contribution is -0.130. The Hall–Kier alpha value is -2.07. The molecule has 0 atom stereocenters. The molecular weight excluding hydrogens is 312 g/mol. The maximum atomic E-state index is 12.3. The number of carbonyl (C=O) groups is 1. The van der Waals surface area contributed by atoms with Gasteiger partial charge in [0.05, 0.1) is 6.61 Å². The number of aromatic nitrogens is 1. The molecule has 1 aromatic heterocycles. The van der Waals surface area contributed by atoms with Gasteiger partial charge in [0.15, 0.2) is 0 Å². The van der Waals surface area contributed by atoms with Crippen molar-refractivity contribution in [2.75, 3.05) is 13.7 Å². The summed E-state index contributed by atoms with van der Waals surface area (Å²) in [6.07, 6.45) is 4.65. The maximum absolute atomic E-state index is 12.3. The number of aryl methyl sites for hydroxylation is 1. The molecule has 0 aliphatic heterocycles. The number of nitrogens with zero attached hydrogens (tertiary/aromatic N) is 2. The highest BCUT2D eigenvalue weighted by molar-refractivity contribution is 6.30. The Morgan fingerprint density at radius 1 is 1.26 bits per heavy atom. The van der Waals surface area contributed by atoms with Gasteiger partial charge in [-0.15, -0.1) is 0 Å². The van der Waals surface area contributed by atoms with Gasteiger partial charge in [0.25, 0.3) is 0 Å². The fourth-order valence-corrected chi connectivity index (χ4v) is 2.50. The normalized spacial score (nSPS) is 10.4. The monoisotopic (exact) mass is 332 g/mol. The second-order valence-corrected chi connectivity index (χ2v) is 5.73. The SMILES string of the molecule is CCOc1ccc(Cl)cc1CN(C)C(=O)CCc1ccncc1. The number of benzene rings is 1. The van der Waals surface area contributed by atoms with Crippen LogP contribution >= 0.6 is 11.6 Å². The van der Waals surface area contributed by atoms with Crippen LogP contribution in [-0.4, -0.2) is 29.4 Å². The maximum Gasteiger partial charge on any atom is 0.222 e. The van der Waals surface area contributed by atoms with E-state index in [0.29, 0.717) is 31.0 Å². The fourth-order valence-electron chi connectivity index (χ4n) is 2.30. The number of hydrogen-bond donors (Lipinski definition) is 0. The molecule has 122 valence electrons. The smallest absolute Gasteiger partial charge is 0.222 e.